The molecule has 1 aliphatic carbocycles. The highest BCUT2D eigenvalue weighted by molar-refractivity contribution is 5.89. The van der Waals surface area contributed by atoms with Crippen LogP contribution in [0.3, 0.4) is 0 Å². The number of hydrogen-bond acceptors (Lipinski definition) is 3. The molecule has 0 radical (unpaired) electrons. The molecule has 3 atom stereocenters. The van der Waals surface area contributed by atoms with Crippen molar-refractivity contribution in [1.29, 1.82) is 0 Å². The highest BCUT2D eigenvalue weighted by atomic mass is 16.5. The average Bonchev–Trinajstić information content (AvgIpc) is 3.43. The lowest BCUT2D eigenvalue weighted by Crippen LogP contribution is -2.43. The molecule has 1 amide bonds. The van der Waals surface area contributed by atoms with Crippen LogP contribution in [-0.2, 0) is 14.3 Å². The quantitative estimate of drug-likeness (QED) is 0.758. The predicted molar refractivity (Wildman–Crippen MR) is 105 cm³/mol. The summed E-state index contributed by atoms with van der Waals surface area (Å²) in [6.45, 7) is 4.05. The Bertz CT molecular complexity index is 727. The SMILES string of the molecule is COC(=O)[C@H](CC(C)C)NC(=O)C1[C@@H](c2ccccc2)[C@@H]1c1ccccc1. The zero-order valence-corrected chi connectivity index (χ0v) is 16.1. The van der Waals surface area contributed by atoms with Crippen LogP contribution in [0.15, 0.2) is 60.7 Å². The maximum atomic E-state index is 13.1. The number of methoxy groups -OCH3 is 1. The Morgan fingerprint density at radius 1 is 0.926 bits per heavy atom. The van der Waals surface area contributed by atoms with Gasteiger partial charge < -0.3 is 10.1 Å². The van der Waals surface area contributed by atoms with E-state index in [0.29, 0.717) is 6.42 Å². The summed E-state index contributed by atoms with van der Waals surface area (Å²) in [6, 6.07) is 19.6. The maximum absolute atomic E-state index is 13.1. The molecule has 142 valence electrons. The minimum Gasteiger partial charge on any atom is -0.467 e. The molecule has 1 saturated carbocycles. The summed E-state index contributed by atoms with van der Waals surface area (Å²) in [5.41, 5.74) is 2.31. The van der Waals surface area contributed by atoms with Crippen LogP contribution >= 0.6 is 0 Å². The topological polar surface area (TPSA) is 55.4 Å². The van der Waals surface area contributed by atoms with Crippen LogP contribution in [0.4, 0.5) is 0 Å². The van der Waals surface area contributed by atoms with Crippen LogP contribution in [0, 0.1) is 11.8 Å². The predicted octanol–water partition coefficient (Wildman–Crippen LogP) is 3.89. The van der Waals surface area contributed by atoms with Gasteiger partial charge in [-0.25, -0.2) is 4.79 Å². The third-order valence-electron chi connectivity index (χ3n) is 5.20. The van der Waals surface area contributed by atoms with Crippen LogP contribution in [0.25, 0.3) is 0 Å². The smallest absolute Gasteiger partial charge is 0.328 e. The summed E-state index contributed by atoms with van der Waals surface area (Å²) >= 11 is 0. The molecule has 4 nitrogen and oxygen atoms in total. The number of carbonyl (C=O) groups is 2. The Kier molecular flexibility index (Phi) is 5.94. The van der Waals surface area contributed by atoms with Crippen LogP contribution in [-0.4, -0.2) is 25.0 Å². The minimum atomic E-state index is -0.601. The van der Waals surface area contributed by atoms with E-state index in [-0.39, 0.29) is 35.5 Å². The van der Waals surface area contributed by atoms with Gasteiger partial charge in [0.2, 0.25) is 5.91 Å². The molecule has 0 bridgehead atoms. The number of ether oxygens (including phenoxy) is 1. The van der Waals surface area contributed by atoms with Crippen molar-refractivity contribution in [3.8, 4) is 0 Å². The van der Waals surface area contributed by atoms with Crippen molar-refractivity contribution in [2.24, 2.45) is 11.8 Å². The van der Waals surface area contributed by atoms with Crippen molar-refractivity contribution in [3.63, 3.8) is 0 Å². The highest BCUT2D eigenvalue weighted by Gasteiger charge is 2.56. The lowest BCUT2D eigenvalue weighted by Gasteiger charge is -2.18. The molecule has 0 saturated heterocycles. The molecule has 0 aliphatic heterocycles. The van der Waals surface area contributed by atoms with Crippen molar-refractivity contribution >= 4 is 11.9 Å². The second-order valence-electron chi connectivity index (χ2n) is 7.61. The molecule has 0 heterocycles. The highest BCUT2D eigenvalue weighted by Crippen LogP contribution is 2.60. The van der Waals surface area contributed by atoms with Gasteiger partial charge in [-0.15, -0.1) is 0 Å². The van der Waals surface area contributed by atoms with E-state index in [1.165, 1.54) is 7.11 Å². The van der Waals surface area contributed by atoms with E-state index in [0.717, 1.165) is 11.1 Å². The van der Waals surface area contributed by atoms with E-state index in [1.54, 1.807) is 0 Å². The summed E-state index contributed by atoms with van der Waals surface area (Å²) in [6.07, 6.45) is 0.567. The van der Waals surface area contributed by atoms with E-state index < -0.39 is 6.04 Å². The first-order valence-corrected chi connectivity index (χ1v) is 9.51. The Morgan fingerprint density at radius 3 is 1.81 bits per heavy atom. The van der Waals surface area contributed by atoms with Gasteiger partial charge >= 0.3 is 5.97 Å². The Balaban J connectivity index is 1.81. The fourth-order valence-electron chi connectivity index (χ4n) is 3.91. The summed E-state index contributed by atoms with van der Waals surface area (Å²) < 4.78 is 4.88. The third kappa shape index (κ3) is 4.38. The molecule has 2 aromatic carbocycles. The zero-order valence-electron chi connectivity index (χ0n) is 16.1. The minimum absolute atomic E-state index is 0.0752. The molecule has 4 heteroatoms. The van der Waals surface area contributed by atoms with Crippen molar-refractivity contribution in [3.05, 3.63) is 71.8 Å². The Hall–Kier alpha value is -2.62. The van der Waals surface area contributed by atoms with Crippen molar-refractivity contribution in [2.75, 3.05) is 7.11 Å². The van der Waals surface area contributed by atoms with E-state index in [4.69, 9.17) is 4.74 Å². The van der Waals surface area contributed by atoms with Crippen LogP contribution in [0.5, 0.6) is 0 Å². The number of esters is 1. The van der Waals surface area contributed by atoms with Gasteiger partial charge in [0.05, 0.1) is 13.0 Å². The normalized spacial score (nSPS) is 22.1. The van der Waals surface area contributed by atoms with E-state index in [1.807, 2.05) is 50.2 Å². The average molecular weight is 365 g/mol. The number of benzene rings is 2. The van der Waals surface area contributed by atoms with Gasteiger partial charge in [-0.2, -0.15) is 0 Å². The van der Waals surface area contributed by atoms with Gasteiger partial charge in [0.15, 0.2) is 0 Å². The van der Waals surface area contributed by atoms with Crippen molar-refractivity contribution < 1.29 is 14.3 Å². The molecule has 1 N–H and O–H groups in total. The molecule has 3 rings (SSSR count). The number of carbonyl (C=O) groups excluding carboxylic acids is 2. The third-order valence-corrected chi connectivity index (χ3v) is 5.20. The molecule has 27 heavy (non-hydrogen) atoms. The Labute approximate surface area is 160 Å². The fraction of sp³-hybridized carbons (Fsp3) is 0.391. The van der Waals surface area contributed by atoms with Crippen LogP contribution in [0.2, 0.25) is 0 Å². The first-order chi connectivity index (χ1) is 13.0. The number of nitrogens with one attached hydrogen (secondary N) is 1. The summed E-state index contributed by atoms with van der Waals surface area (Å²) in [5.74, 6) is -0.0894. The lowest BCUT2D eigenvalue weighted by molar-refractivity contribution is -0.145. The maximum Gasteiger partial charge on any atom is 0.328 e. The van der Waals surface area contributed by atoms with Gasteiger partial charge in [0, 0.05) is 11.8 Å². The molecule has 0 aromatic heterocycles. The Morgan fingerprint density at radius 2 is 1.41 bits per heavy atom. The largest absolute Gasteiger partial charge is 0.467 e. The van der Waals surface area contributed by atoms with E-state index in [2.05, 4.69) is 29.6 Å². The summed E-state index contributed by atoms with van der Waals surface area (Å²) in [5, 5.41) is 2.95. The second-order valence-corrected chi connectivity index (χ2v) is 7.61. The zero-order chi connectivity index (χ0) is 19.4. The van der Waals surface area contributed by atoms with Crippen molar-refractivity contribution in [1.82, 2.24) is 5.32 Å². The van der Waals surface area contributed by atoms with Gasteiger partial charge in [0.1, 0.15) is 6.04 Å². The molecular weight excluding hydrogens is 338 g/mol. The standard InChI is InChI=1S/C23H27NO3/c1-15(2)14-18(23(26)27-3)24-22(25)21-19(16-10-6-4-7-11-16)20(21)17-12-8-5-9-13-17/h4-13,15,18-21H,14H2,1-3H3,(H,24,25)/t18-,19-,20-/m0/s1. The molecule has 2 aromatic rings. The lowest BCUT2D eigenvalue weighted by atomic mass is 10.0. The van der Waals surface area contributed by atoms with Gasteiger partial charge in [-0.1, -0.05) is 74.5 Å². The van der Waals surface area contributed by atoms with Crippen LogP contribution < -0.4 is 5.32 Å². The van der Waals surface area contributed by atoms with Crippen LogP contribution in [0.1, 0.15) is 43.2 Å². The number of hydrogen-bond donors (Lipinski definition) is 1. The number of rotatable bonds is 7. The summed E-state index contributed by atoms with van der Waals surface area (Å²) in [4.78, 5) is 25.2. The monoisotopic (exact) mass is 365 g/mol. The van der Waals surface area contributed by atoms with E-state index >= 15 is 0 Å². The second kappa shape index (κ2) is 8.38. The van der Waals surface area contributed by atoms with Crippen molar-refractivity contribution in [2.45, 2.75) is 38.1 Å². The fourth-order valence-corrected chi connectivity index (χ4v) is 3.91. The number of amides is 1. The molecule has 0 unspecified atom stereocenters. The molecule has 0 spiro atoms. The van der Waals surface area contributed by atoms with E-state index in [9.17, 15) is 9.59 Å². The molecule has 1 fully saturated rings. The van der Waals surface area contributed by atoms with Gasteiger partial charge in [-0.05, 0) is 23.5 Å². The van der Waals surface area contributed by atoms with Gasteiger partial charge in [-0.3, -0.25) is 4.79 Å². The molecular formula is C23H27NO3. The summed E-state index contributed by atoms with van der Waals surface area (Å²) in [7, 11) is 1.36. The first kappa shape index (κ1) is 19.2. The first-order valence-electron chi connectivity index (χ1n) is 9.51. The van der Waals surface area contributed by atoms with Gasteiger partial charge in [0.25, 0.3) is 0 Å². The molecule has 1 aliphatic rings.